The molecule has 3 rings (SSSR count). The van der Waals surface area contributed by atoms with Crippen molar-refractivity contribution in [1.29, 1.82) is 0 Å². The molecule has 0 unspecified atom stereocenters. The number of thiazole rings is 1. The van der Waals surface area contributed by atoms with Crippen molar-refractivity contribution in [2.45, 2.75) is 19.2 Å². The molecular formula is C17H15F2N3O2S2. The molecule has 0 radical (unpaired) electrons. The van der Waals surface area contributed by atoms with Crippen LogP contribution in [-0.2, 0) is 22.3 Å². The summed E-state index contributed by atoms with van der Waals surface area (Å²) in [4.78, 5) is 9.20. The van der Waals surface area contributed by atoms with Crippen molar-refractivity contribution in [3.8, 4) is 10.6 Å². The number of nitrogens with zero attached hydrogens (tertiary/aromatic N) is 2. The summed E-state index contributed by atoms with van der Waals surface area (Å²) in [6.07, 6.45) is 3.34. The van der Waals surface area contributed by atoms with Gasteiger partial charge in [-0.15, -0.1) is 11.3 Å². The molecule has 0 saturated carbocycles. The molecule has 5 nitrogen and oxygen atoms in total. The lowest BCUT2D eigenvalue weighted by Crippen LogP contribution is -2.25. The maximum Gasteiger partial charge on any atom is 0.216 e. The third kappa shape index (κ3) is 4.48. The van der Waals surface area contributed by atoms with Crippen LogP contribution in [0.5, 0.6) is 0 Å². The predicted molar refractivity (Wildman–Crippen MR) is 95.9 cm³/mol. The highest BCUT2D eigenvalue weighted by atomic mass is 32.2. The van der Waals surface area contributed by atoms with Gasteiger partial charge in [-0.25, -0.2) is 26.9 Å². The fraction of sp³-hybridized carbons (Fsp3) is 0.176. The normalized spacial score (nSPS) is 11.7. The van der Waals surface area contributed by atoms with Crippen LogP contribution in [0.4, 0.5) is 8.78 Å². The number of hydrogen-bond donors (Lipinski definition) is 1. The molecule has 0 bridgehead atoms. The second-order valence-corrected chi connectivity index (χ2v) is 8.48. The fourth-order valence-electron chi connectivity index (χ4n) is 2.29. The van der Waals surface area contributed by atoms with Gasteiger partial charge in [0.05, 0.1) is 11.4 Å². The third-order valence-corrected chi connectivity index (χ3v) is 6.09. The van der Waals surface area contributed by atoms with E-state index in [4.69, 9.17) is 0 Å². The number of aryl methyl sites for hydroxylation is 1. The van der Waals surface area contributed by atoms with E-state index in [1.807, 2.05) is 6.07 Å². The number of benzene rings is 1. The zero-order valence-electron chi connectivity index (χ0n) is 13.7. The van der Waals surface area contributed by atoms with Gasteiger partial charge in [-0.2, -0.15) is 0 Å². The van der Waals surface area contributed by atoms with Crippen LogP contribution in [0, 0.1) is 18.6 Å². The highest BCUT2D eigenvalue weighted by molar-refractivity contribution is 7.88. The standard InChI is InChI=1S/C17H15F2N3O2S2/c1-11-16(25-17(22-11)12-3-2-6-20-8-12)9-21-26(23,24)10-13-7-14(18)4-5-15(13)19/h2-8,21H,9-10H2,1H3. The van der Waals surface area contributed by atoms with E-state index in [1.165, 1.54) is 11.3 Å². The summed E-state index contributed by atoms with van der Waals surface area (Å²) in [6, 6.07) is 6.40. The molecule has 0 fully saturated rings. The summed E-state index contributed by atoms with van der Waals surface area (Å²) in [5.41, 5.74) is 1.33. The first-order valence-electron chi connectivity index (χ1n) is 7.62. The Balaban J connectivity index is 1.72. The van der Waals surface area contributed by atoms with Gasteiger partial charge in [0, 0.05) is 34.9 Å². The van der Waals surface area contributed by atoms with E-state index in [0.29, 0.717) is 5.69 Å². The lowest BCUT2D eigenvalue weighted by molar-refractivity contribution is 0.570. The van der Waals surface area contributed by atoms with Gasteiger partial charge >= 0.3 is 0 Å². The largest absolute Gasteiger partial charge is 0.264 e. The van der Waals surface area contributed by atoms with Gasteiger partial charge in [0.1, 0.15) is 16.6 Å². The van der Waals surface area contributed by atoms with E-state index >= 15 is 0 Å². The van der Waals surface area contributed by atoms with Crippen LogP contribution in [0.15, 0.2) is 42.7 Å². The smallest absolute Gasteiger partial charge is 0.216 e. The summed E-state index contributed by atoms with van der Waals surface area (Å²) in [7, 11) is -3.83. The van der Waals surface area contributed by atoms with Gasteiger partial charge in [-0.05, 0) is 37.3 Å². The third-order valence-electron chi connectivity index (χ3n) is 3.61. The van der Waals surface area contributed by atoms with Crippen LogP contribution >= 0.6 is 11.3 Å². The monoisotopic (exact) mass is 395 g/mol. The second kappa shape index (κ2) is 7.56. The Bertz CT molecular complexity index is 1020. The fourth-order valence-corrected chi connectivity index (χ4v) is 4.47. The molecule has 136 valence electrons. The lowest BCUT2D eigenvalue weighted by atomic mass is 10.2. The topological polar surface area (TPSA) is 72.0 Å². The molecule has 2 heterocycles. The van der Waals surface area contributed by atoms with Crippen LogP contribution in [0.1, 0.15) is 16.1 Å². The van der Waals surface area contributed by atoms with Crippen molar-refractivity contribution in [2.75, 3.05) is 0 Å². The molecule has 1 N–H and O–H groups in total. The van der Waals surface area contributed by atoms with Crippen molar-refractivity contribution in [2.24, 2.45) is 0 Å². The average molecular weight is 395 g/mol. The Kier molecular flexibility index (Phi) is 5.40. The maximum absolute atomic E-state index is 13.6. The molecule has 0 atom stereocenters. The maximum atomic E-state index is 13.6. The Labute approximate surface area is 153 Å². The highest BCUT2D eigenvalue weighted by Gasteiger charge is 2.17. The number of halogens is 2. The van der Waals surface area contributed by atoms with Crippen molar-refractivity contribution in [3.63, 3.8) is 0 Å². The Morgan fingerprint density at radius 3 is 2.77 bits per heavy atom. The zero-order chi connectivity index (χ0) is 18.7. The summed E-state index contributed by atoms with van der Waals surface area (Å²) in [5.74, 6) is -2.08. The predicted octanol–water partition coefficient (Wildman–Crippen LogP) is 3.41. The van der Waals surface area contributed by atoms with E-state index in [9.17, 15) is 17.2 Å². The summed E-state index contributed by atoms with van der Waals surface area (Å²) >= 11 is 1.35. The van der Waals surface area contributed by atoms with Gasteiger partial charge in [0.2, 0.25) is 10.0 Å². The summed E-state index contributed by atoms with van der Waals surface area (Å²) in [6.45, 7) is 1.81. The molecule has 0 amide bonds. The van der Waals surface area contributed by atoms with Gasteiger partial charge < -0.3 is 0 Å². The lowest BCUT2D eigenvalue weighted by Gasteiger charge is -2.07. The van der Waals surface area contributed by atoms with E-state index in [0.717, 1.165) is 33.6 Å². The SMILES string of the molecule is Cc1nc(-c2cccnc2)sc1CNS(=O)(=O)Cc1cc(F)ccc1F. The molecule has 0 aliphatic carbocycles. The molecule has 1 aromatic carbocycles. The minimum absolute atomic E-state index is 0.0308. The number of hydrogen-bond acceptors (Lipinski definition) is 5. The van der Waals surface area contributed by atoms with Crippen molar-refractivity contribution < 1.29 is 17.2 Å². The van der Waals surface area contributed by atoms with E-state index < -0.39 is 27.4 Å². The summed E-state index contributed by atoms with van der Waals surface area (Å²) < 4.78 is 53.7. The van der Waals surface area contributed by atoms with Crippen molar-refractivity contribution in [3.05, 3.63) is 70.5 Å². The number of aromatic nitrogens is 2. The number of rotatable bonds is 6. The molecule has 0 saturated heterocycles. The number of pyridine rings is 1. The minimum atomic E-state index is -3.83. The molecule has 0 aliphatic heterocycles. The molecule has 0 spiro atoms. The molecule has 0 aliphatic rings. The molecule has 2 aromatic heterocycles. The first-order valence-corrected chi connectivity index (χ1v) is 10.1. The van der Waals surface area contributed by atoms with Gasteiger partial charge in [0.15, 0.2) is 0 Å². The van der Waals surface area contributed by atoms with E-state index in [2.05, 4.69) is 14.7 Å². The Hall–Kier alpha value is -2.23. The molecule has 26 heavy (non-hydrogen) atoms. The highest BCUT2D eigenvalue weighted by Crippen LogP contribution is 2.27. The van der Waals surface area contributed by atoms with Crippen LogP contribution in [0.25, 0.3) is 10.6 Å². The van der Waals surface area contributed by atoms with Crippen molar-refractivity contribution >= 4 is 21.4 Å². The Morgan fingerprint density at radius 2 is 2.04 bits per heavy atom. The van der Waals surface area contributed by atoms with Crippen LogP contribution in [0.2, 0.25) is 0 Å². The van der Waals surface area contributed by atoms with Gasteiger partial charge in [-0.3, -0.25) is 4.98 Å². The number of nitrogens with one attached hydrogen (secondary N) is 1. The van der Waals surface area contributed by atoms with Crippen molar-refractivity contribution in [1.82, 2.24) is 14.7 Å². The zero-order valence-corrected chi connectivity index (χ0v) is 15.4. The second-order valence-electron chi connectivity index (χ2n) is 5.59. The minimum Gasteiger partial charge on any atom is -0.264 e. The first kappa shape index (κ1) is 18.6. The number of sulfonamides is 1. The van der Waals surface area contributed by atoms with Crippen LogP contribution < -0.4 is 4.72 Å². The van der Waals surface area contributed by atoms with Crippen LogP contribution in [-0.4, -0.2) is 18.4 Å². The molecule has 3 aromatic rings. The molecule has 9 heteroatoms. The van der Waals surface area contributed by atoms with E-state index in [1.54, 1.807) is 25.4 Å². The van der Waals surface area contributed by atoms with Crippen LogP contribution in [0.3, 0.4) is 0 Å². The van der Waals surface area contributed by atoms with E-state index in [-0.39, 0.29) is 12.1 Å². The first-order chi connectivity index (χ1) is 12.3. The average Bonchev–Trinajstić information content (AvgIpc) is 2.98. The quantitative estimate of drug-likeness (QED) is 0.694. The summed E-state index contributed by atoms with van der Waals surface area (Å²) in [5, 5.41) is 0.737. The van der Waals surface area contributed by atoms with Gasteiger partial charge in [-0.1, -0.05) is 0 Å². The van der Waals surface area contributed by atoms with Gasteiger partial charge in [0.25, 0.3) is 0 Å². The molecular weight excluding hydrogens is 380 g/mol. The Morgan fingerprint density at radius 1 is 1.23 bits per heavy atom.